The first-order chi connectivity index (χ1) is 5.79. The molecule has 0 heterocycles. The van der Waals surface area contributed by atoms with Gasteiger partial charge in [-0.05, 0) is 25.7 Å². The Hall–Kier alpha value is -0.0800. The molecule has 2 rings (SSSR count). The van der Waals surface area contributed by atoms with Gasteiger partial charge in [0.2, 0.25) is 0 Å². The van der Waals surface area contributed by atoms with Gasteiger partial charge in [0, 0.05) is 18.1 Å². The van der Waals surface area contributed by atoms with Gasteiger partial charge >= 0.3 is 0 Å². The van der Waals surface area contributed by atoms with Crippen LogP contribution in [0.5, 0.6) is 0 Å². The number of nitrogens with one attached hydrogen (secondary N) is 1. The van der Waals surface area contributed by atoms with Crippen LogP contribution in [0, 0.1) is 0 Å². The van der Waals surface area contributed by atoms with E-state index in [1.807, 2.05) is 0 Å². The van der Waals surface area contributed by atoms with Gasteiger partial charge in [-0.1, -0.05) is 19.3 Å². The average Bonchev–Trinajstić information content (AvgIpc) is 2.33. The van der Waals surface area contributed by atoms with E-state index in [0.29, 0.717) is 0 Å². The summed E-state index contributed by atoms with van der Waals surface area (Å²) in [5.74, 6) is 0. The van der Waals surface area contributed by atoms with Crippen LogP contribution in [-0.2, 0) is 0 Å². The summed E-state index contributed by atoms with van der Waals surface area (Å²) in [6.45, 7) is 1.05. The van der Waals surface area contributed by atoms with E-state index in [1.165, 1.54) is 44.9 Å². The van der Waals surface area contributed by atoms with Crippen LogP contribution in [0.15, 0.2) is 0 Å². The largest absolute Gasteiger partial charge is 0.324 e. The molecular formula is C10H20N2. The Bertz CT molecular complexity index is 146. The minimum absolute atomic E-state index is 0.148. The molecule has 0 amide bonds. The van der Waals surface area contributed by atoms with Gasteiger partial charge in [0.25, 0.3) is 0 Å². The van der Waals surface area contributed by atoms with Crippen molar-refractivity contribution < 1.29 is 0 Å². The quantitative estimate of drug-likeness (QED) is 0.668. The molecule has 0 spiro atoms. The Morgan fingerprint density at radius 2 is 1.83 bits per heavy atom. The van der Waals surface area contributed by atoms with Crippen molar-refractivity contribution in [2.45, 2.75) is 56.5 Å². The summed E-state index contributed by atoms with van der Waals surface area (Å²) in [7, 11) is 0. The van der Waals surface area contributed by atoms with E-state index >= 15 is 0 Å². The molecule has 0 unspecified atom stereocenters. The fraction of sp³-hybridized carbons (Fsp3) is 1.00. The van der Waals surface area contributed by atoms with Crippen molar-refractivity contribution in [3.8, 4) is 0 Å². The van der Waals surface area contributed by atoms with Crippen LogP contribution in [0.25, 0.3) is 0 Å². The first-order valence-corrected chi connectivity index (χ1v) is 5.31. The summed E-state index contributed by atoms with van der Waals surface area (Å²) < 4.78 is 0. The molecule has 2 saturated carbocycles. The molecule has 0 aliphatic heterocycles. The molecule has 0 saturated heterocycles. The highest BCUT2D eigenvalue weighted by Gasteiger charge is 2.30. The zero-order valence-corrected chi connectivity index (χ0v) is 7.81. The predicted octanol–water partition coefficient (Wildman–Crippen LogP) is 1.40. The standard InChI is InChI=1S/C10H20N2/c11-10(6-1-2-7-10)8-12-9-4-3-5-9/h9,12H,1-8,11H2. The summed E-state index contributed by atoms with van der Waals surface area (Å²) in [5, 5.41) is 3.58. The fourth-order valence-electron chi connectivity index (χ4n) is 2.22. The van der Waals surface area contributed by atoms with Gasteiger partial charge in [-0.2, -0.15) is 0 Å². The maximum Gasteiger partial charge on any atom is 0.0280 e. The van der Waals surface area contributed by atoms with Gasteiger partial charge in [-0.25, -0.2) is 0 Å². The van der Waals surface area contributed by atoms with Crippen LogP contribution in [0.2, 0.25) is 0 Å². The lowest BCUT2D eigenvalue weighted by atomic mass is 9.91. The molecule has 0 aromatic rings. The second-order valence-electron chi connectivity index (χ2n) is 4.58. The van der Waals surface area contributed by atoms with E-state index in [-0.39, 0.29) is 5.54 Å². The van der Waals surface area contributed by atoms with E-state index in [0.717, 1.165) is 12.6 Å². The zero-order valence-electron chi connectivity index (χ0n) is 7.81. The maximum absolute atomic E-state index is 6.22. The summed E-state index contributed by atoms with van der Waals surface area (Å²) >= 11 is 0. The second kappa shape index (κ2) is 3.35. The van der Waals surface area contributed by atoms with Crippen LogP contribution in [0.4, 0.5) is 0 Å². The topological polar surface area (TPSA) is 38.0 Å². The molecule has 2 nitrogen and oxygen atoms in total. The molecule has 0 aromatic heterocycles. The maximum atomic E-state index is 6.22. The molecule has 2 fully saturated rings. The molecule has 12 heavy (non-hydrogen) atoms. The number of hydrogen-bond acceptors (Lipinski definition) is 2. The molecule has 0 aromatic carbocycles. The Balaban J connectivity index is 1.70. The van der Waals surface area contributed by atoms with Crippen LogP contribution in [0.1, 0.15) is 44.9 Å². The van der Waals surface area contributed by atoms with Crippen LogP contribution < -0.4 is 11.1 Å². The van der Waals surface area contributed by atoms with Crippen molar-refractivity contribution in [2.24, 2.45) is 5.73 Å². The molecule has 3 N–H and O–H groups in total. The number of rotatable bonds is 3. The number of nitrogens with two attached hydrogens (primary N) is 1. The zero-order chi connectivity index (χ0) is 8.44. The summed E-state index contributed by atoms with van der Waals surface area (Å²) in [6, 6.07) is 0.797. The lowest BCUT2D eigenvalue weighted by molar-refractivity contribution is 0.297. The molecular weight excluding hydrogens is 148 g/mol. The third-order valence-electron chi connectivity index (χ3n) is 3.45. The Kier molecular flexibility index (Phi) is 2.37. The predicted molar refractivity (Wildman–Crippen MR) is 51.0 cm³/mol. The minimum Gasteiger partial charge on any atom is -0.324 e. The Labute approximate surface area is 74.9 Å². The SMILES string of the molecule is NC1(CNC2CCC2)CCCC1. The lowest BCUT2D eigenvalue weighted by Crippen LogP contribution is -2.50. The van der Waals surface area contributed by atoms with E-state index < -0.39 is 0 Å². The van der Waals surface area contributed by atoms with Crippen LogP contribution in [0.3, 0.4) is 0 Å². The molecule has 2 aliphatic carbocycles. The van der Waals surface area contributed by atoms with Crippen molar-refractivity contribution in [2.75, 3.05) is 6.54 Å². The highest BCUT2D eigenvalue weighted by molar-refractivity contribution is 4.92. The monoisotopic (exact) mass is 168 g/mol. The summed E-state index contributed by atoms with van der Waals surface area (Å²) in [4.78, 5) is 0. The van der Waals surface area contributed by atoms with Gasteiger partial charge < -0.3 is 11.1 Å². The van der Waals surface area contributed by atoms with Crippen LogP contribution >= 0.6 is 0 Å². The van der Waals surface area contributed by atoms with E-state index in [1.54, 1.807) is 0 Å². The van der Waals surface area contributed by atoms with Crippen molar-refractivity contribution in [1.82, 2.24) is 5.32 Å². The molecule has 0 atom stereocenters. The molecule has 2 aliphatic rings. The van der Waals surface area contributed by atoms with Crippen LogP contribution in [-0.4, -0.2) is 18.1 Å². The highest BCUT2D eigenvalue weighted by atomic mass is 15.0. The van der Waals surface area contributed by atoms with Gasteiger partial charge in [0.15, 0.2) is 0 Å². The molecule has 70 valence electrons. The van der Waals surface area contributed by atoms with Gasteiger partial charge in [0.05, 0.1) is 0 Å². The highest BCUT2D eigenvalue weighted by Crippen LogP contribution is 2.27. The third kappa shape index (κ3) is 1.80. The minimum atomic E-state index is 0.148. The first-order valence-electron chi connectivity index (χ1n) is 5.31. The third-order valence-corrected chi connectivity index (χ3v) is 3.45. The van der Waals surface area contributed by atoms with Crippen molar-refractivity contribution in [1.29, 1.82) is 0 Å². The summed E-state index contributed by atoms with van der Waals surface area (Å²) in [6.07, 6.45) is 9.28. The first kappa shape index (κ1) is 8.52. The normalized spacial score (nSPS) is 28.8. The fourth-order valence-corrected chi connectivity index (χ4v) is 2.22. The summed E-state index contributed by atoms with van der Waals surface area (Å²) in [5.41, 5.74) is 6.37. The second-order valence-corrected chi connectivity index (χ2v) is 4.58. The van der Waals surface area contributed by atoms with Crippen molar-refractivity contribution >= 4 is 0 Å². The van der Waals surface area contributed by atoms with E-state index in [2.05, 4.69) is 5.32 Å². The smallest absolute Gasteiger partial charge is 0.0280 e. The molecule has 2 heteroatoms. The van der Waals surface area contributed by atoms with Gasteiger partial charge in [-0.15, -0.1) is 0 Å². The Morgan fingerprint density at radius 1 is 1.17 bits per heavy atom. The number of hydrogen-bond donors (Lipinski definition) is 2. The van der Waals surface area contributed by atoms with E-state index in [4.69, 9.17) is 5.73 Å². The lowest BCUT2D eigenvalue weighted by Gasteiger charge is -2.32. The van der Waals surface area contributed by atoms with Crippen molar-refractivity contribution in [3.63, 3.8) is 0 Å². The molecule has 0 bridgehead atoms. The van der Waals surface area contributed by atoms with E-state index in [9.17, 15) is 0 Å². The average molecular weight is 168 g/mol. The molecule has 0 radical (unpaired) electrons. The van der Waals surface area contributed by atoms with Gasteiger partial charge in [-0.3, -0.25) is 0 Å². The van der Waals surface area contributed by atoms with Gasteiger partial charge in [0.1, 0.15) is 0 Å². The van der Waals surface area contributed by atoms with Crippen molar-refractivity contribution in [3.05, 3.63) is 0 Å². The Morgan fingerprint density at radius 3 is 2.33 bits per heavy atom.